The molecule has 0 amide bonds. The van der Waals surface area contributed by atoms with Crippen molar-refractivity contribution in [3.05, 3.63) is 47.0 Å². The van der Waals surface area contributed by atoms with Crippen LogP contribution in [0.1, 0.15) is 42.9 Å². The second-order valence-electron chi connectivity index (χ2n) is 5.37. The van der Waals surface area contributed by atoms with Gasteiger partial charge in [-0.3, -0.25) is 0 Å². The maximum absolute atomic E-state index is 12.9. The zero-order valence-electron chi connectivity index (χ0n) is 10.8. The highest BCUT2D eigenvalue weighted by Gasteiger charge is 2.61. The molecule has 1 aliphatic carbocycles. The Bertz CT molecular complexity index is 491. The predicted octanol–water partition coefficient (Wildman–Crippen LogP) is 5.22. The monoisotopic (exact) mass is 270 g/mol. The molecule has 0 aromatic heterocycles. The van der Waals surface area contributed by atoms with E-state index >= 15 is 0 Å². The van der Waals surface area contributed by atoms with Gasteiger partial charge in [0.25, 0.3) is 6.43 Å². The molecule has 18 heavy (non-hydrogen) atoms. The first kappa shape index (κ1) is 13.5. The van der Waals surface area contributed by atoms with Crippen LogP contribution in [0.4, 0.5) is 8.78 Å². The third-order valence-electron chi connectivity index (χ3n) is 3.87. The number of halogens is 3. The first-order valence-electron chi connectivity index (χ1n) is 5.99. The second-order valence-corrected chi connectivity index (χ2v) is 6.18. The molecule has 1 aromatic carbocycles. The molecule has 2 rings (SSSR count). The van der Waals surface area contributed by atoms with E-state index in [4.69, 9.17) is 11.6 Å². The molecule has 1 fully saturated rings. The maximum atomic E-state index is 12.9. The summed E-state index contributed by atoms with van der Waals surface area (Å²) in [6.45, 7) is 9.52. The predicted molar refractivity (Wildman–Crippen MR) is 71.4 cm³/mol. The lowest BCUT2D eigenvalue weighted by atomic mass is 10.0. The van der Waals surface area contributed by atoms with Crippen molar-refractivity contribution in [2.24, 2.45) is 5.92 Å². The van der Waals surface area contributed by atoms with Crippen molar-refractivity contribution in [1.82, 2.24) is 0 Å². The van der Waals surface area contributed by atoms with Crippen LogP contribution in [0.25, 0.3) is 0 Å². The first-order valence-corrected chi connectivity index (χ1v) is 6.37. The lowest BCUT2D eigenvalue weighted by Gasteiger charge is -2.08. The Morgan fingerprint density at radius 3 is 2.50 bits per heavy atom. The van der Waals surface area contributed by atoms with Gasteiger partial charge in [0, 0.05) is 17.4 Å². The van der Waals surface area contributed by atoms with Gasteiger partial charge in [-0.15, -0.1) is 11.6 Å². The summed E-state index contributed by atoms with van der Waals surface area (Å²) in [7, 11) is 0. The second kappa shape index (κ2) is 4.34. The topological polar surface area (TPSA) is 0 Å². The Morgan fingerprint density at radius 1 is 1.44 bits per heavy atom. The number of rotatable bonds is 3. The highest BCUT2D eigenvalue weighted by atomic mass is 35.5. The highest BCUT2D eigenvalue weighted by Crippen LogP contribution is 2.64. The number of benzene rings is 1. The Morgan fingerprint density at radius 2 is 2.06 bits per heavy atom. The average molecular weight is 271 g/mol. The minimum absolute atomic E-state index is 0.0924. The van der Waals surface area contributed by atoms with Crippen LogP contribution >= 0.6 is 11.6 Å². The van der Waals surface area contributed by atoms with Gasteiger partial charge >= 0.3 is 0 Å². The summed E-state index contributed by atoms with van der Waals surface area (Å²) in [5.74, 6) is 0.266. The molecule has 0 aliphatic heterocycles. The molecule has 1 aliphatic rings. The van der Waals surface area contributed by atoms with Crippen LogP contribution < -0.4 is 0 Å². The van der Waals surface area contributed by atoms with E-state index in [1.54, 1.807) is 19.1 Å². The van der Waals surface area contributed by atoms with Crippen LogP contribution in [0.2, 0.25) is 0 Å². The Kier molecular flexibility index (Phi) is 3.26. The molecule has 3 atom stereocenters. The van der Waals surface area contributed by atoms with Crippen molar-refractivity contribution in [2.45, 2.75) is 38.0 Å². The fraction of sp³-hybridized carbons (Fsp3) is 0.467. The van der Waals surface area contributed by atoms with E-state index in [0.717, 1.165) is 11.1 Å². The van der Waals surface area contributed by atoms with Crippen molar-refractivity contribution in [3.8, 4) is 0 Å². The molecular formula is C15H17ClF2. The van der Waals surface area contributed by atoms with Crippen molar-refractivity contribution >= 4 is 11.6 Å². The molecule has 0 heterocycles. The molecule has 98 valence electrons. The van der Waals surface area contributed by atoms with Crippen molar-refractivity contribution in [1.29, 1.82) is 0 Å². The molecular weight excluding hydrogens is 254 g/mol. The summed E-state index contributed by atoms with van der Waals surface area (Å²) >= 11 is 6.43. The zero-order chi connectivity index (χ0) is 13.7. The standard InChI is InChI=1S/C15H17ClF2/c1-8(2)12-13(15(12,4)16)10-6-5-9(3)11(7-10)14(17)18/h5-7,12-14H,1H2,2-4H3. The van der Waals surface area contributed by atoms with Gasteiger partial charge in [-0.05, 0) is 38.0 Å². The molecule has 3 heteroatoms. The Balaban J connectivity index is 2.37. The molecule has 0 nitrogen and oxygen atoms in total. The summed E-state index contributed by atoms with van der Waals surface area (Å²) < 4.78 is 25.8. The third kappa shape index (κ3) is 2.07. The van der Waals surface area contributed by atoms with Crippen LogP contribution in [0.3, 0.4) is 0 Å². The fourth-order valence-electron chi connectivity index (χ4n) is 2.85. The molecule has 1 aromatic rings. The lowest BCUT2D eigenvalue weighted by molar-refractivity contribution is 0.150. The SMILES string of the molecule is C=C(C)C1C(c2ccc(C)c(C(F)F)c2)C1(C)Cl. The van der Waals surface area contributed by atoms with Crippen LogP contribution in [-0.2, 0) is 0 Å². The molecule has 0 N–H and O–H groups in total. The summed E-state index contributed by atoms with van der Waals surface area (Å²) in [6.07, 6.45) is -2.44. The van der Waals surface area contributed by atoms with Gasteiger partial charge in [-0.1, -0.05) is 24.3 Å². The van der Waals surface area contributed by atoms with Crippen LogP contribution in [-0.4, -0.2) is 4.87 Å². The van der Waals surface area contributed by atoms with Gasteiger partial charge in [0.2, 0.25) is 0 Å². The molecule has 1 saturated carbocycles. The molecule has 0 bridgehead atoms. The van der Waals surface area contributed by atoms with Gasteiger partial charge in [0.05, 0.1) is 4.87 Å². The number of allylic oxidation sites excluding steroid dienone is 1. The van der Waals surface area contributed by atoms with Gasteiger partial charge in [0.15, 0.2) is 0 Å². The fourth-order valence-corrected chi connectivity index (χ4v) is 3.36. The van der Waals surface area contributed by atoms with Gasteiger partial charge in [0.1, 0.15) is 0 Å². The van der Waals surface area contributed by atoms with Gasteiger partial charge in [-0.25, -0.2) is 8.78 Å². The number of hydrogen-bond donors (Lipinski definition) is 0. The van der Waals surface area contributed by atoms with Crippen molar-refractivity contribution in [3.63, 3.8) is 0 Å². The molecule has 0 spiro atoms. The lowest BCUT2D eigenvalue weighted by Crippen LogP contribution is -1.97. The van der Waals surface area contributed by atoms with Crippen LogP contribution in [0.5, 0.6) is 0 Å². The Labute approximate surface area is 112 Å². The number of alkyl halides is 3. The highest BCUT2D eigenvalue weighted by molar-refractivity contribution is 6.27. The van der Waals surface area contributed by atoms with Crippen LogP contribution in [0, 0.1) is 12.8 Å². The minimum Gasteiger partial charge on any atom is -0.205 e. The summed E-state index contributed by atoms with van der Waals surface area (Å²) in [4.78, 5) is -0.388. The minimum atomic E-state index is -2.44. The maximum Gasteiger partial charge on any atom is 0.264 e. The smallest absolute Gasteiger partial charge is 0.205 e. The average Bonchev–Trinajstić information content (AvgIpc) is 2.82. The van der Waals surface area contributed by atoms with E-state index in [9.17, 15) is 8.78 Å². The number of aryl methyl sites for hydroxylation is 1. The van der Waals surface area contributed by atoms with Crippen molar-refractivity contribution < 1.29 is 8.78 Å². The van der Waals surface area contributed by atoms with E-state index < -0.39 is 6.43 Å². The van der Waals surface area contributed by atoms with E-state index in [0.29, 0.717) is 5.56 Å². The van der Waals surface area contributed by atoms with Crippen LogP contribution in [0.15, 0.2) is 30.4 Å². The van der Waals surface area contributed by atoms with Crippen molar-refractivity contribution in [2.75, 3.05) is 0 Å². The summed E-state index contributed by atoms with van der Waals surface area (Å²) in [5.41, 5.74) is 2.63. The normalized spacial score (nSPS) is 30.6. The molecule has 0 saturated heterocycles. The zero-order valence-corrected chi connectivity index (χ0v) is 11.6. The quantitative estimate of drug-likeness (QED) is 0.522. The molecule has 0 radical (unpaired) electrons. The van der Waals surface area contributed by atoms with E-state index in [1.807, 2.05) is 19.9 Å². The summed E-state index contributed by atoms with van der Waals surface area (Å²) in [6, 6.07) is 5.24. The van der Waals surface area contributed by atoms with E-state index in [-0.39, 0.29) is 22.3 Å². The van der Waals surface area contributed by atoms with E-state index in [1.165, 1.54) is 0 Å². The number of hydrogen-bond acceptors (Lipinski definition) is 0. The first-order chi connectivity index (χ1) is 8.26. The Hall–Kier alpha value is -0.890. The van der Waals surface area contributed by atoms with E-state index in [2.05, 4.69) is 6.58 Å². The molecule has 3 unspecified atom stereocenters. The summed E-state index contributed by atoms with van der Waals surface area (Å²) in [5, 5.41) is 0. The largest absolute Gasteiger partial charge is 0.264 e. The van der Waals surface area contributed by atoms with Gasteiger partial charge in [-0.2, -0.15) is 0 Å². The van der Waals surface area contributed by atoms with Gasteiger partial charge < -0.3 is 0 Å². The third-order valence-corrected chi connectivity index (χ3v) is 4.34.